The molecular weight excluding hydrogens is 587 g/mol. The van der Waals surface area contributed by atoms with Crippen molar-refractivity contribution in [1.29, 1.82) is 0 Å². The summed E-state index contributed by atoms with van der Waals surface area (Å²) in [6.45, 7) is 1.94. The molecule has 1 amide bonds. The maximum Gasteiger partial charge on any atom is 0.337 e. The van der Waals surface area contributed by atoms with Crippen molar-refractivity contribution in [3.8, 4) is 16.8 Å². The summed E-state index contributed by atoms with van der Waals surface area (Å²) in [5.74, 6) is -0.960. The molecule has 0 unspecified atom stereocenters. The van der Waals surface area contributed by atoms with Crippen LogP contribution in [0.3, 0.4) is 0 Å². The first-order valence-corrected chi connectivity index (χ1v) is 15.0. The van der Waals surface area contributed by atoms with Crippen LogP contribution in [0.2, 0.25) is 0 Å². The van der Waals surface area contributed by atoms with Crippen molar-refractivity contribution in [3.63, 3.8) is 0 Å². The van der Waals surface area contributed by atoms with Crippen LogP contribution in [0.1, 0.15) is 58.3 Å². The van der Waals surface area contributed by atoms with E-state index < -0.39 is 23.1 Å². The predicted octanol–water partition coefficient (Wildman–Crippen LogP) is 5.04. The number of imidazole rings is 1. The van der Waals surface area contributed by atoms with Gasteiger partial charge in [-0.15, -0.1) is 0 Å². The van der Waals surface area contributed by atoms with Crippen LogP contribution in [0.15, 0.2) is 94.8 Å². The van der Waals surface area contributed by atoms with Crippen molar-refractivity contribution in [2.24, 2.45) is 0 Å². The molecule has 1 fully saturated rings. The number of pyridine rings is 2. The Morgan fingerprint density at radius 1 is 0.957 bits per heavy atom. The summed E-state index contributed by atoms with van der Waals surface area (Å²) in [4.78, 5) is 60.6. The number of rotatable bonds is 6. The monoisotopic (exact) mass is 616 g/mol. The molecule has 0 saturated heterocycles. The lowest BCUT2D eigenvalue weighted by atomic mass is 9.90. The lowest BCUT2D eigenvalue weighted by Crippen LogP contribution is -2.45. The summed E-state index contributed by atoms with van der Waals surface area (Å²) >= 11 is 0. The molecule has 1 aliphatic carbocycles. The van der Waals surface area contributed by atoms with Gasteiger partial charge in [0.2, 0.25) is 0 Å². The van der Waals surface area contributed by atoms with E-state index >= 15 is 0 Å². The molecule has 1 aliphatic rings. The van der Waals surface area contributed by atoms with Crippen molar-refractivity contribution in [2.75, 3.05) is 0 Å². The Morgan fingerprint density at radius 2 is 1.72 bits per heavy atom. The topological polar surface area (TPSA) is 120 Å². The lowest BCUT2D eigenvalue weighted by Gasteiger charge is -2.30. The second-order valence-corrected chi connectivity index (χ2v) is 11.6. The number of aromatic nitrogens is 5. The Bertz CT molecular complexity index is 2260. The number of carbonyl (C=O) groups excluding carboxylic acids is 2. The Labute approximate surface area is 261 Å². The van der Waals surface area contributed by atoms with Crippen LogP contribution >= 0.6 is 0 Å². The van der Waals surface area contributed by atoms with Gasteiger partial charge in [0, 0.05) is 29.5 Å². The first-order chi connectivity index (χ1) is 22.3. The highest BCUT2D eigenvalue weighted by Crippen LogP contribution is 2.28. The van der Waals surface area contributed by atoms with Gasteiger partial charge in [0.05, 0.1) is 17.3 Å². The zero-order valence-electron chi connectivity index (χ0n) is 24.9. The lowest BCUT2D eigenvalue weighted by molar-refractivity contribution is 0.0917. The van der Waals surface area contributed by atoms with Gasteiger partial charge in [0.15, 0.2) is 5.65 Å². The second kappa shape index (κ2) is 11.7. The molecule has 6 aromatic rings. The Morgan fingerprint density at radius 3 is 2.46 bits per heavy atom. The van der Waals surface area contributed by atoms with Crippen LogP contribution in [0, 0.1) is 12.7 Å². The molecule has 0 bridgehead atoms. The van der Waals surface area contributed by atoms with E-state index in [4.69, 9.17) is 0 Å². The Balaban J connectivity index is 1.19. The fourth-order valence-electron chi connectivity index (χ4n) is 6.31. The molecule has 2 aromatic carbocycles. The van der Waals surface area contributed by atoms with E-state index in [1.165, 1.54) is 9.13 Å². The van der Waals surface area contributed by atoms with Crippen molar-refractivity contribution < 1.29 is 14.0 Å². The van der Waals surface area contributed by atoms with Gasteiger partial charge in [-0.3, -0.25) is 19.0 Å². The van der Waals surface area contributed by atoms with Crippen LogP contribution in [0.5, 0.6) is 0 Å². The first kappa shape index (κ1) is 29.0. The number of aryl methyl sites for hydroxylation is 1. The average Bonchev–Trinajstić information content (AvgIpc) is 3.52. The number of fused-ring (bicyclic) bond motifs is 2. The summed E-state index contributed by atoms with van der Waals surface area (Å²) in [6, 6.07) is 20.4. The van der Waals surface area contributed by atoms with Crippen LogP contribution in [-0.2, 0) is 0 Å². The number of hydrogen-bond acceptors (Lipinski definition) is 6. The van der Waals surface area contributed by atoms with Gasteiger partial charge in [0.25, 0.3) is 11.5 Å². The molecule has 4 aromatic heterocycles. The third-order valence-corrected chi connectivity index (χ3v) is 8.70. The quantitative estimate of drug-likeness (QED) is 0.262. The molecule has 4 heterocycles. The zero-order chi connectivity index (χ0) is 31.9. The molecule has 1 saturated carbocycles. The summed E-state index contributed by atoms with van der Waals surface area (Å²) in [5, 5.41) is 3.05. The van der Waals surface area contributed by atoms with E-state index in [0.29, 0.717) is 48.3 Å². The number of benzene rings is 2. The normalized spacial score (nSPS) is 16.5. The number of hydrogen-bond donors (Lipinski definition) is 1. The highest BCUT2D eigenvalue weighted by molar-refractivity contribution is 5.93. The highest BCUT2D eigenvalue weighted by Gasteiger charge is 2.28. The van der Waals surface area contributed by atoms with Crippen LogP contribution < -0.4 is 16.6 Å². The standard InChI is InChI=1S/C35H29FN6O4/c1-21-4-2-7-31-39-30(19-40(21)31)33(44)38-26-12-14-27(15-13-26)42-34(45)29-17-25(36)18-37-32(29)41(35(42)46)28-6-3-5-24(16-28)23-10-8-22(20-43)9-11-23/h2-11,16-20,26-27H,12-15H2,1H3,(H,38,44). The number of amides is 1. The summed E-state index contributed by atoms with van der Waals surface area (Å²) in [5.41, 5.74) is 3.48. The van der Waals surface area contributed by atoms with Gasteiger partial charge < -0.3 is 9.72 Å². The van der Waals surface area contributed by atoms with Gasteiger partial charge >= 0.3 is 5.69 Å². The number of nitrogens with one attached hydrogen (secondary N) is 1. The molecule has 0 spiro atoms. The van der Waals surface area contributed by atoms with Crippen molar-refractivity contribution in [2.45, 2.75) is 44.7 Å². The fraction of sp³-hybridized carbons (Fsp3) is 0.200. The summed E-state index contributed by atoms with van der Waals surface area (Å²) in [7, 11) is 0. The van der Waals surface area contributed by atoms with E-state index in [9.17, 15) is 23.6 Å². The van der Waals surface area contributed by atoms with E-state index in [1.807, 2.05) is 47.7 Å². The third kappa shape index (κ3) is 5.19. The maximum absolute atomic E-state index is 14.4. The molecule has 230 valence electrons. The third-order valence-electron chi connectivity index (χ3n) is 8.70. The van der Waals surface area contributed by atoms with Crippen molar-refractivity contribution in [3.05, 3.63) is 129 Å². The molecule has 1 N–H and O–H groups in total. The summed E-state index contributed by atoms with van der Waals surface area (Å²) in [6.07, 6.45) is 5.47. The molecule has 7 rings (SSSR count). The van der Waals surface area contributed by atoms with E-state index in [-0.39, 0.29) is 23.0 Å². The number of carbonyl (C=O) groups is 2. The Kier molecular flexibility index (Phi) is 7.36. The van der Waals surface area contributed by atoms with Crippen LogP contribution in [0.25, 0.3) is 33.5 Å². The minimum absolute atomic E-state index is 0.00194. The van der Waals surface area contributed by atoms with Gasteiger partial charge in [-0.1, -0.05) is 42.5 Å². The zero-order valence-corrected chi connectivity index (χ0v) is 24.9. The smallest absolute Gasteiger partial charge is 0.337 e. The predicted molar refractivity (Wildman–Crippen MR) is 171 cm³/mol. The van der Waals surface area contributed by atoms with Crippen molar-refractivity contribution in [1.82, 2.24) is 28.8 Å². The highest BCUT2D eigenvalue weighted by atomic mass is 19.1. The number of aldehydes is 1. The molecule has 11 heteroatoms. The van der Waals surface area contributed by atoms with Gasteiger partial charge in [-0.05, 0) is 74.1 Å². The van der Waals surface area contributed by atoms with Crippen molar-refractivity contribution >= 4 is 28.9 Å². The molecule has 0 radical (unpaired) electrons. The SMILES string of the molecule is Cc1cccc2nc(C(=O)NC3CCC(n4c(=O)c5cc(F)cnc5n(-c5cccc(-c6ccc(C=O)cc6)c5)c4=O)CC3)cn12. The average molecular weight is 617 g/mol. The summed E-state index contributed by atoms with van der Waals surface area (Å²) < 4.78 is 18.8. The molecule has 46 heavy (non-hydrogen) atoms. The first-order valence-electron chi connectivity index (χ1n) is 15.0. The van der Waals surface area contributed by atoms with E-state index in [0.717, 1.165) is 35.4 Å². The fourth-order valence-corrected chi connectivity index (χ4v) is 6.31. The minimum atomic E-state index is -0.682. The van der Waals surface area contributed by atoms with Crippen LogP contribution in [-0.4, -0.2) is 41.7 Å². The largest absolute Gasteiger partial charge is 0.348 e. The van der Waals surface area contributed by atoms with E-state index in [1.54, 1.807) is 36.5 Å². The van der Waals surface area contributed by atoms with Gasteiger partial charge in [-0.25, -0.2) is 23.7 Å². The number of halogens is 1. The molecule has 0 atom stereocenters. The molecule has 10 nitrogen and oxygen atoms in total. The minimum Gasteiger partial charge on any atom is -0.348 e. The van der Waals surface area contributed by atoms with Crippen LogP contribution in [0.4, 0.5) is 4.39 Å². The maximum atomic E-state index is 14.4. The van der Waals surface area contributed by atoms with E-state index in [2.05, 4.69) is 15.3 Å². The Hall–Kier alpha value is -5.71. The number of nitrogens with zero attached hydrogens (tertiary/aromatic N) is 5. The second-order valence-electron chi connectivity index (χ2n) is 11.6. The molecule has 0 aliphatic heterocycles. The van der Waals surface area contributed by atoms with Gasteiger partial charge in [0.1, 0.15) is 23.4 Å². The van der Waals surface area contributed by atoms with Gasteiger partial charge in [-0.2, -0.15) is 0 Å². The molecular formula is C35H29FN6O4.